The molecule has 104 valence electrons. The molecule has 1 aromatic carbocycles. The Morgan fingerprint density at radius 3 is 2.79 bits per heavy atom. The van der Waals surface area contributed by atoms with Crippen molar-refractivity contribution in [1.82, 2.24) is 10.2 Å². The summed E-state index contributed by atoms with van der Waals surface area (Å²) in [5.41, 5.74) is 1.30. The zero-order valence-electron chi connectivity index (χ0n) is 11.5. The average molecular weight is 260 g/mol. The third kappa shape index (κ3) is 3.10. The molecular formula is C16H24N2O. The normalized spacial score (nSPS) is 27.4. The summed E-state index contributed by atoms with van der Waals surface area (Å²) in [4.78, 5) is 2.67. The largest absolute Gasteiger partial charge is 0.508 e. The molecule has 0 spiro atoms. The second-order valence-corrected chi connectivity index (χ2v) is 5.86. The quantitative estimate of drug-likeness (QED) is 0.871. The van der Waals surface area contributed by atoms with E-state index < -0.39 is 0 Å². The van der Waals surface area contributed by atoms with Crippen molar-refractivity contribution in [3.8, 4) is 5.75 Å². The van der Waals surface area contributed by atoms with Crippen molar-refractivity contribution in [2.45, 2.75) is 44.2 Å². The van der Waals surface area contributed by atoms with E-state index in [4.69, 9.17) is 0 Å². The van der Waals surface area contributed by atoms with Gasteiger partial charge in [0.05, 0.1) is 0 Å². The molecule has 0 saturated carbocycles. The number of aromatic hydroxyl groups is 1. The molecule has 19 heavy (non-hydrogen) atoms. The summed E-state index contributed by atoms with van der Waals surface area (Å²) in [6.45, 7) is 3.63. The van der Waals surface area contributed by atoms with E-state index >= 15 is 0 Å². The van der Waals surface area contributed by atoms with Gasteiger partial charge in [0.2, 0.25) is 0 Å². The minimum absolute atomic E-state index is 0.352. The second kappa shape index (κ2) is 5.93. The predicted octanol–water partition coefficient (Wildman–Crippen LogP) is 2.15. The van der Waals surface area contributed by atoms with Crippen LogP contribution in [0.25, 0.3) is 0 Å². The lowest BCUT2D eigenvalue weighted by Gasteiger charge is -2.32. The van der Waals surface area contributed by atoms with Gasteiger partial charge in [0.15, 0.2) is 0 Å². The van der Waals surface area contributed by atoms with E-state index in [2.05, 4.69) is 10.2 Å². The second-order valence-electron chi connectivity index (χ2n) is 5.86. The molecule has 0 amide bonds. The maximum atomic E-state index is 9.26. The van der Waals surface area contributed by atoms with Gasteiger partial charge in [-0.05, 0) is 56.5 Å². The van der Waals surface area contributed by atoms with Crippen LogP contribution in [0.3, 0.4) is 0 Å². The maximum Gasteiger partial charge on any atom is 0.115 e. The van der Waals surface area contributed by atoms with Crippen LogP contribution in [-0.2, 0) is 6.42 Å². The van der Waals surface area contributed by atoms with Crippen LogP contribution in [0.15, 0.2) is 24.3 Å². The van der Waals surface area contributed by atoms with Gasteiger partial charge in [0.1, 0.15) is 5.75 Å². The SMILES string of the molecule is Oc1ccc(CCNC2CCN3CCCCC23)cc1. The molecule has 2 aliphatic heterocycles. The summed E-state index contributed by atoms with van der Waals surface area (Å²) in [6, 6.07) is 9.05. The molecule has 0 aliphatic carbocycles. The van der Waals surface area contributed by atoms with Gasteiger partial charge in [-0.2, -0.15) is 0 Å². The fourth-order valence-corrected chi connectivity index (χ4v) is 3.55. The molecule has 0 bridgehead atoms. The molecule has 0 aromatic heterocycles. The van der Waals surface area contributed by atoms with E-state index in [0.717, 1.165) is 19.0 Å². The summed E-state index contributed by atoms with van der Waals surface area (Å²) >= 11 is 0. The Kier molecular flexibility index (Phi) is 4.04. The summed E-state index contributed by atoms with van der Waals surface area (Å²) in [7, 11) is 0. The number of nitrogens with zero attached hydrogens (tertiary/aromatic N) is 1. The number of piperidine rings is 1. The van der Waals surface area contributed by atoms with E-state index in [-0.39, 0.29) is 0 Å². The fraction of sp³-hybridized carbons (Fsp3) is 0.625. The van der Waals surface area contributed by atoms with Crippen molar-refractivity contribution in [2.75, 3.05) is 19.6 Å². The molecule has 2 heterocycles. The highest BCUT2D eigenvalue weighted by molar-refractivity contribution is 5.26. The summed E-state index contributed by atoms with van der Waals surface area (Å²) in [5, 5.41) is 13.0. The van der Waals surface area contributed by atoms with Gasteiger partial charge < -0.3 is 10.4 Å². The monoisotopic (exact) mass is 260 g/mol. The third-order valence-electron chi connectivity index (χ3n) is 4.61. The Labute approximate surface area is 115 Å². The molecule has 2 unspecified atom stereocenters. The van der Waals surface area contributed by atoms with Gasteiger partial charge in [-0.1, -0.05) is 18.6 Å². The smallest absolute Gasteiger partial charge is 0.115 e. The molecule has 0 radical (unpaired) electrons. The van der Waals surface area contributed by atoms with Gasteiger partial charge in [-0.3, -0.25) is 4.90 Å². The Balaban J connectivity index is 1.46. The predicted molar refractivity (Wildman–Crippen MR) is 77.4 cm³/mol. The Bertz CT molecular complexity index is 404. The maximum absolute atomic E-state index is 9.26. The van der Waals surface area contributed by atoms with Gasteiger partial charge in [0, 0.05) is 18.6 Å². The van der Waals surface area contributed by atoms with Crippen molar-refractivity contribution in [3.63, 3.8) is 0 Å². The summed E-state index contributed by atoms with van der Waals surface area (Å²) in [6.07, 6.45) is 6.51. The highest BCUT2D eigenvalue weighted by Crippen LogP contribution is 2.27. The molecule has 2 N–H and O–H groups in total. The number of hydrogen-bond donors (Lipinski definition) is 2. The van der Waals surface area contributed by atoms with Gasteiger partial charge >= 0.3 is 0 Å². The molecular weight excluding hydrogens is 236 g/mol. The van der Waals surface area contributed by atoms with Gasteiger partial charge in [0.25, 0.3) is 0 Å². The fourth-order valence-electron chi connectivity index (χ4n) is 3.55. The number of nitrogens with one attached hydrogen (secondary N) is 1. The van der Waals surface area contributed by atoms with Crippen LogP contribution >= 0.6 is 0 Å². The van der Waals surface area contributed by atoms with Crippen molar-refractivity contribution in [3.05, 3.63) is 29.8 Å². The summed E-state index contributed by atoms with van der Waals surface area (Å²) < 4.78 is 0. The van der Waals surface area contributed by atoms with Crippen molar-refractivity contribution >= 4 is 0 Å². The van der Waals surface area contributed by atoms with Crippen molar-refractivity contribution in [2.24, 2.45) is 0 Å². The van der Waals surface area contributed by atoms with Gasteiger partial charge in [-0.25, -0.2) is 0 Å². The average Bonchev–Trinajstić information content (AvgIpc) is 2.85. The van der Waals surface area contributed by atoms with Crippen LogP contribution < -0.4 is 5.32 Å². The summed E-state index contributed by atoms with van der Waals surface area (Å²) in [5.74, 6) is 0.352. The Hall–Kier alpha value is -1.06. The van der Waals surface area contributed by atoms with E-state index in [1.54, 1.807) is 12.1 Å². The molecule has 2 fully saturated rings. The standard InChI is InChI=1S/C16H24N2O/c19-14-6-4-13(5-7-14)8-10-17-15-9-12-18-11-2-1-3-16(15)18/h4-7,15-17,19H,1-3,8-12H2. The molecule has 2 saturated heterocycles. The lowest BCUT2D eigenvalue weighted by molar-refractivity contribution is 0.181. The zero-order chi connectivity index (χ0) is 13.1. The molecule has 3 rings (SSSR count). The van der Waals surface area contributed by atoms with Crippen LogP contribution in [-0.4, -0.2) is 41.7 Å². The van der Waals surface area contributed by atoms with E-state index in [9.17, 15) is 5.11 Å². The lowest BCUT2D eigenvalue weighted by atomic mass is 9.99. The first-order valence-electron chi connectivity index (χ1n) is 7.58. The number of rotatable bonds is 4. The first kappa shape index (κ1) is 12.9. The van der Waals surface area contributed by atoms with Crippen LogP contribution in [0.4, 0.5) is 0 Å². The highest BCUT2D eigenvalue weighted by Gasteiger charge is 2.34. The number of fused-ring (bicyclic) bond motifs is 1. The topological polar surface area (TPSA) is 35.5 Å². The van der Waals surface area contributed by atoms with E-state index in [1.165, 1.54) is 44.3 Å². The molecule has 2 atom stereocenters. The molecule has 3 nitrogen and oxygen atoms in total. The lowest BCUT2D eigenvalue weighted by Crippen LogP contribution is -2.45. The highest BCUT2D eigenvalue weighted by atomic mass is 16.3. The number of benzene rings is 1. The number of phenols is 1. The first-order valence-corrected chi connectivity index (χ1v) is 7.58. The molecule has 3 heteroatoms. The number of hydrogen-bond acceptors (Lipinski definition) is 3. The van der Waals surface area contributed by atoms with Crippen molar-refractivity contribution < 1.29 is 5.11 Å². The molecule has 2 aliphatic rings. The Morgan fingerprint density at radius 2 is 1.95 bits per heavy atom. The van der Waals surface area contributed by atoms with Gasteiger partial charge in [-0.15, -0.1) is 0 Å². The van der Waals surface area contributed by atoms with E-state index in [1.807, 2.05) is 12.1 Å². The third-order valence-corrected chi connectivity index (χ3v) is 4.61. The number of phenolic OH excluding ortho intramolecular Hbond substituents is 1. The Morgan fingerprint density at radius 1 is 1.11 bits per heavy atom. The minimum atomic E-state index is 0.352. The van der Waals surface area contributed by atoms with E-state index in [0.29, 0.717) is 11.8 Å². The van der Waals surface area contributed by atoms with Crippen LogP contribution in [0.2, 0.25) is 0 Å². The molecule has 1 aromatic rings. The van der Waals surface area contributed by atoms with Crippen molar-refractivity contribution in [1.29, 1.82) is 0 Å². The minimum Gasteiger partial charge on any atom is -0.508 e. The van der Waals surface area contributed by atoms with Crippen LogP contribution in [0.1, 0.15) is 31.2 Å². The van der Waals surface area contributed by atoms with Crippen LogP contribution in [0.5, 0.6) is 5.75 Å². The van der Waals surface area contributed by atoms with Crippen LogP contribution in [0, 0.1) is 0 Å². The zero-order valence-corrected chi connectivity index (χ0v) is 11.5. The first-order chi connectivity index (χ1) is 9.33.